The molecule has 0 bridgehead atoms. The normalized spacial score (nSPS) is 10.5. The first-order valence-corrected chi connectivity index (χ1v) is 9.81. The molecular weight excluding hydrogens is 322 g/mol. The molecule has 0 unspecified atom stereocenters. The summed E-state index contributed by atoms with van der Waals surface area (Å²) in [4.78, 5) is 12.0. The Hall–Kier alpha value is -2.29. The Balaban J connectivity index is 1.65. The molecule has 140 valence electrons. The third kappa shape index (κ3) is 7.30. The highest BCUT2D eigenvalue weighted by molar-refractivity contribution is 5.90. The Morgan fingerprint density at radius 2 is 1.50 bits per heavy atom. The topological polar surface area (TPSA) is 38.3 Å². The Labute approximate surface area is 157 Å². The summed E-state index contributed by atoms with van der Waals surface area (Å²) in [7, 11) is 0. The predicted molar refractivity (Wildman–Crippen MR) is 109 cm³/mol. The van der Waals surface area contributed by atoms with Crippen LogP contribution >= 0.6 is 0 Å². The van der Waals surface area contributed by atoms with Gasteiger partial charge >= 0.3 is 0 Å². The van der Waals surface area contributed by atoms with Crippen molar-refractivity contribution in [1.82, 2.24) is 0 Å². The monoisotopic (exact) mass is 353 g/mol. The van der Waals surface area contributed by atoms with Crippen molar-refractivity contribution in [2.45, 2.75) is 58.8 Å². The van der Waals surface area contributed by atoms with E-state index in [1.54, 1.807) is 0 Å². The first kappa shape index (κ1) is 20.0. The molecule has 26 heavy (non-hydrogen) atoms. The largest absolute Gasteiger partial charge is 0.494 e. The molecule has 2 aromatic rings. The fourth-order valence-corrected chi connectivity index (χ4v) is 2.82. The van der Waals surface area contributed by atoms with E-state index in [1.165, 1.54) is 24.0 Å². The maximum Gasteiger partial charge on any atom is 0.224 e. The van der Waals surface area contributed by atoms with E-state index in [1.807, 2.05) is 24.3 Å². The number of ether oxygens (including phenoxy) is 1. The van der Waals surface area contributed by atoms with Crippen molar-refractivity contribution in [3.63, 3.8) is 0 Å². The van der Waals surface area contributed by atoms with Gasteiger partial charge in [-0.2, -0.15) is 0 Å². The molecule has 3 nitrogen and oxygen atoms in total. The number of benzene rings is 2. The molecule has 1 amide bonds. The maximum atomic E-state index is 12.0. The van der Waals surface area contributed by atoms with Crippen molar-refractivity contribution in [3.8, 4) is 5.75 Å². The lowest BCUT2D eigenvalue weighted by Gasteiger charge is -2.08. The van der Waals surface area contributed by atoms with E-state index >= 15 is 0 Å². The number of unbranched alkanes of at least 4 members (excludes halogenated alkanes) is 1. The number of carbonyl (C=O) groups is 1. The number of rotatable bonds is 11. The zero-order valence-electron chi connectivity index (χ0n) is 16.1. The highest BCUT2D eigenvalue weighted by atomic mass is 16.5. The van der Waals surface area contributed by atoms with Crippen molar-refractivity contribution in [3.05, 3.63) is 59.7 Å². The Bertz CT molecular complexity index is 647. The smallest absolute Gasteiger partial charge is 0.224 e. The zero-order chi connectivity index (χ0) is 18.6. The second kappa shape index (κ2) is 11.3. The number of anilines is 1. The standard InChI is InChI=1S/C23H31NO2/c1-3-5-8-20-10-14-21(15-11-20)24-23(25)9-6-18-26-22-16-12-19(7-4-2)13-17-22/h10-17H,3-9,18H2,1-2H3,(H,24,25). The molecule has 0 aliphatic carbocycles. The molecule has 2 aromatic carbocycles. The summed E-state index contributed by atoms with van der Waals surface area (Å²) < 4.78 is 5.71. The molecule has 0 atom stereocenters. The van der Waals surface area contributed by atoms with Crippen LogP contribution in [0.1, 0.15) is 57.1 Å². The molecule has 2 rings (SSSR count). The number of nitrogens with one attached hydrogen (secondary N) is 1. The van der Waals surface area contributed by atoms with Gasteiger partial charge in [-0.3, -0.25) is 4.79 Å². The average molecular weight is 354 g/mol. The van der Waals surface area contributed by atoms with Crippen molar-refractivity contribution in [2.24, 2.45) is 0 Å². The summed E-state index contributed by atoms with van der Waals surface area (Å²) >= 11 is 0. The lowest BCUT2D eigenvalue weighted by atomic mass is 10.1. The predicted octanol–water partition coefficient (Wildman–Crippen LogP) is 5.78. The van der Waals surface area contributed by atoms with Gasteiger partial charge in [0.1, 0.15) is 5.75 Å². The van der Waals surface area contributed by atoms with Crippen molar-refractivity contribution in [1.29, 1.82) is 0 Å². The third-order valence-electron chi connectivity index (χ3n) is 4.34. The molecule has 0 heterocycles. The Morgan fingerprint density at radius 3 is 2.15 bits per heavy atom. The molecular formula is C23H31NO2. The number of aryl methyl sites for hydroxylation is 2. The molecule has 0 aromatic heterocycles. The van der Waals surface area contributed by atoms with Gasteiger partial charge in [0.25, 0.3) is 0 Å². The van der Waals surface area contributed by atoms with Crippen molar-refractivity contribution >= 4 is 11.6 Å². The molecule has 1 N–H and O–H groups in total. The van der Waals surface area contributed by atoms with Crippen LogP contribution in [0.5, 0.6) is 5.75 Å². The van der Waals surface area contributed by atoms with Gasteiger partial charge in [0, 0.05) is 12.1 Å². The van der Waals surface area contributed by atoms with Crippen LogP contribution in [0.15, 0.2) is 48.5 Å². The number of hydrogen-bond donors (Lipinski definition) is 1. The van der Waals surface area contributed by atoms with E-state index in [0.717, 1.165) is 30.7 Å². The van der Waals surface area contributed by atoms with Crippen LogP contribution in [0.3, 0.4) is 0 Å². The van der Waals surface area contributed by atoms with Crippen LogP contribution in [0.25, 0.3) is 0 Å². The molecule has 3 heteroatoms. The van der Waals surface area contributed by atoms with E-state index in [4.69, 9.17) is 4.74 Å². The van der Waals surface area contributed by atoms with E-state index in [-0.39, 0.29) is 5.91 Å². The number of amides is 1. The molecule has 0 radical (unpaired) electrons. The first-order valence-electron chi connectivity index (χ1n) is 9.81. The van der Waals surface area contributed by atoms with Gasteiger partial charge in [0.05, 0.1) is 6.61 Å². The van der Waals surface area contributed by atoms with Crippen molar-refractivity contribution < 1.29 is 9.53 Å². The van der Waals surface area contributed by atoms with Crippen LogP contribution < -0.4 is 10.1 Å². The summed E-state index contributed by atoms with van der Waals surface area (Å²) in [5, 5.41) is 2.95. The van der Waals surface area contributed by atoms with Gasteiger partial charge in [0.2, 0.25) is 5.91 Å². The molecule has 0 fully saturated rings. The summed E-state index contributed by atoms with van der Waals surface area (Å²) in [5.74, 6) is 0.904. The molecule has 0 saturated heterocycles. The lowest BCUT2D eigenvalue weighted by Crippen LogP contribution is -2.12. The molecule has 0 aliphatic rings. The van der Waals surface area contributed by atoms with Crippen molar-refractivity contribution in [2.75, 3.05) is 11.9 Å². The SMILES string of the molecule is CCCCc1ccc(NC(=O)CCCOc2ccc(CCC)cc2)cc1. The number of hydrogen-bond acceptors (Lipinski definition) is 2. The zero-order valence-corrected chi connectivity index (χ0v) is 16.1. The van der Waals surface area contributed by atoms with Crippen LogP contribution in [0.2, 0.25) is 0 Å². The van der Waals surface area contributed by atoms with Gasteiger partial charge in [0.15, 0.2) is 0 Å². The van der Waals surface area contributed by atoms with Crippen LogP contribution in [0.4, 0.5) is 5.69 Å². The highest BCUT2D eigenvalue weighted by Crippen LogP contribution is 2.15. The fraction of sp³-hybridized carbons (Fsp3) is 0.435. The summed E-state index contributed by atoms with van der Waals surface area (Å²) in [5.41, 5.74) is 3.52. The Kier molecular flexibility index (Phi) is 8.74. The van der Waals surface area contributed by atoms with Gasteiger partial charge < -0.3 is 10.1 Å². The second-order valence-corrected chi connectivity index (χ2v) is 6.69. The average Bonchev–Trinajstić information content (AvgIpc) is 2.66. The second-order valence-electron chi connectivity index (χ2n) is 6.69. The first-order chi connectivity index (χ1) is 12.7. The van der Waals surface area contributed by atoms with Gasteiger partial charge in [-0.25, -0.2) is 0 Å². The summed E-state index contributed by atoms with van der Waals surface area (Å²) in [6.45, 7) is 4.92. The molecule has 0 saturated carbocycles. The van der Waals surface area contributed by atoms with E-state index in [0.29, 0.717) is 19.4 Å². The van der Waals surface area contributed by atoms with E-state index in [9.17, 15) is 4.79 Å². The van der Waals surface area contributed by atoms with Crippen LogP contribution in [-0.2, 0) is 17.6 Å². The Morgan fingerprint density at radius 1 is 0.846 bits per heavy atom. The fourth-order valence-electron chi connectivity index (χ4n) is 2.82. The quantitative estimate of drug-likeness (QED) is 0.520. The van der Waals surface area contributed by atoms with E-state index in [2.05, 4.69) is 43.4 Å². The number of carbonyl (C=O) groups excluding carboxylic acids is 1. The van der Waals surface area contributed by atoms with Crippen LogP contribution in [-0.4, -0.2) is 12.5 Å². The van der Waals surface area contributed by atoms with Crippen LogP contribution in [0, 0.1) is 0 Å². The highest BCUT2D eigenvalue weighted by Gasteiger charge is 2.03. The maximum absolute atomic E-state index is 12.0. The van der Waals surface area contributed by atoms with Gasteiger partial charge in [-0.15, -0.1) is 0 Å². The summed E-state index contributed by atoms with van der Waals surface area (Å²) in [6, 6.07) is 16.4. The lowest BCUT2D eigenvalue weighted by molar-refractivity contribution is -0.116. The minimum absolute atomic E-state index is 0.0354. The summed E-state index contributed by atoms with van der Waals surface area (Å²) in [6.07, 6.45) is 6.91. The van der Waals surface area contributed by atoms with Gasteiger partial charge in [-0.05, 0) is 61.1 Å². The molecule has 0 aliphatic heterocycles. The molecule has 0 spiro atoms. The third-order valence-corrected chi connectivity index (χ3v) is 4.34. The minimum atomic E-state index is 0.0354. The van der Waals surface area contributed by atoms with E-state index < -0.39 is 0 Å². The minimum Gasteiger partial charge on any atom is -0.494 e. The van der Waals surface area contributed by atoms with Gasteiger partial charge in [-0.1, -0.05) is 51.0 Å².